The second kappa shape index (κ2) is 5.81. The van der Waals surface area contributed by atoms with Crippen molar-refractivity contribution in [3.8, 4) is 0 Å². The van der Waals surface area contributed by atoms with E-state index in [1.165, 1.54) is 0 Å². The molecule has 0 saturated heterocycles. The van der Waals surface area contributed by atoms with Crippen LogP contribution >= 0.6 is 0 Å². The number of hydrogen-bond acceptors (Lipinski definition) is 2. The molecule has 1 aromatic carbocycles. The first-order valence-electron chi connectivity index (χ1n) is 4.57. The zero-order chi connectivity index (χ0) is 12.0. The molecule has 0 fully saturated rings. The average Bonchev–Trinajstić information content (AvgIpc) is 2.26. The molecule has 2 nitrogen and oxygen atoms in total. The van der Waals surface area contributed by atoms with Gasteiger partial charge in [0.25, 0.3) is 0 Å². The molecule has 0 unspecified atom stereocenters. The van der Waals surface area contributed by atoms with Crippen molar-refractivity contribution in [1.82, 2.24) is 5.48 Å². The van der Waals surface area contributed by atoms with E-state index in [0.29, 0.717) is 0 Å². The minimum atomic E-state index is -4.12. The van der Waals surface area contributed by atoms with E-state index in [0.717, 1.165) is 5.56 Å². The zero-order valence-corrected chi connectivity index (χ0v) is 8.30. The second-order valence-electron chi connectivity index (χ2n) is 3.16. The standard InChI is InChI=1S/C10H11F4NO/c11-9(12)10(13,14)7-16-15-6-8-4-2-1-3-5-8/h1-5,9,15H,6-7H2. The first kappa shape index (κ1) is 12.9. The van der Waals surface area contributed by atoms with Gasteiger partial charge in [0.1, 0.15) is 6.61 Å². The van der Waals surface area contributed by atoms with E-state index in [4.69, 9.17) is 0 Å². The number of hydrogen-bond donors (Lipinski definition) is 1. The van der Waals surface area contributed by atoms with Gasteiger partial charge in [-0.3, -0.25) is 4.84 Å². The minimum absolute atomic E-state index is 0.181. The van der Waals surface area contributed by atoms with Gasteiger partial charge >= 0.3 is 12.3 Å². The molecule has 90 valence electrons. The van der Waals surface area contributed by atoms with Crippen molar-refractivity contribution < 1.29 is 22.4 Å². The molecule has 0 aliphatic rings. The molecule has 0 atom stereocenters. The largest absolute Gasteiger partial charge is 0.332 e. The fourth-order valence-electron chi connectivity index (χ4n) is 0.940. The summed E-state index contributed by atoms with van der Waals surface area (Å²) in [5.41, 5.74) is 3.01. The summed E-state index contributed by atoms with van der Waals surface area (Å²) < 4.78 is 48.1. The van der Waals surface area contributed by atoms with Crippen LogP contribution in [0.5, 0.6) is 0 Å². The summed E-state index contributed by atoms with van der Waals surface area (Å²) in [6.07, 6.45) is -3.72. The van der Waals surface area contributed by atoms with Gasteiger partial charge in [-0.15, -0.1) is 0 Å². The van der Waals surface area contributed by atoms with Crippen molar-refractivity contribution >= 4 is 0 Å². The van der Waals surface area contributed by atoms with Gasteiger partial charge in [0.2, 0.25) is 0 Å². The Bertz CT molecular complexity index is 305. The van der Waals surface area contributed by atoms with Gasteiger partial charge in [-0.1, -0.05) is 30.3 Å². The molecule has 1 aromatic rings. The van der Waals surface area contributed by atoms with Crippen molar-refractivity contribution in [2.45, 2.75) is 18.9 Å². The van der Waals surface area contributed by atoms with E-state index in [9.17, 15) is 17.6 Å². The van der Waals surface area contributed by atoms with Gasteiger partial charge < -0.3 is 0 Å². The topological polar surface area (TPSA) is 21.3 Å². The Morgan fingerprint density at radius 2 is 1.81 bits per heavy atom. The number of halogens is 4. The molecule has 0 amide bonds. The Morgan fingerprint density at radius 3 is 2.38 bits per heavy atom. The lowest BCUT2D eigenvalue weighted by atomic mass is 10.2. The smallest absolute Gasteiger partial charge is 0.295 e. The lowest BCUT2D eigenvalue weighted by Gasteiger charge is -2.15. The highest BCUT2D eigenvalue weighted by atomic mass is 19.3. The van der Waals surface area contributed by atoms with Gasteiger partial charge in [-0.25, -0.2) is 8.78 Å². The summed E-state index contributed by atoms with van der Waals surface area (Å²) in [4.78, 5) is 4.28. The van der Waals surface area contributed by atoms with Crippen molar-refractivity contribution in [3.63, 3.8) is 0 Å². The average molecular weight is 237 g/mol. The first-order valence-corrected chi connectivity index (χ1v) is 4.57. The summed E-state index contributed by atoms with van der Waals surface area (Å²) in [6.45, 7) is -1.17. The van der Waals surface area contributed by atoms with E-state index >= 15 is 0 Å². The second-order valence-corrected chi connectivity index (χ2v) is 3.16. The number of nitrogens with one attached hydrogen (secondary N) is 1. The van der Waals surface area contributed by atoms with E-state index in [-0.39, 0.29) is 6.54 Å². The van der Waals surface area contributed by atoms with Crippen LogP contribution in [-0.4, -0.2) is 19.0 Å². The van der Waals surface area contributed by atoms with Crippen molar-refractivity contribution in [3.05, 3.63) is 35.9 Å². The summed E-state index contributed by atoms with van der Waals surface area (Å²) in [5.74, 6) is -4.12. The third-order valence-corrected chi connectivity index (χ3v) is 1.81. The first-order chi connectivity index (χ1) is 7.52. The van der Waals surface area contributed by atoms with E-state index in [1.807, 2.05) is 0 Å². The van der Waals surface area contributed by atoms with E-state index in [1.54, 1.807) is 30.3 Å². The van der Waals surface area contributed by atoms with Crippen LogP contribution in [0.4, 0.5) is 17.6 Å². The molecular weight excluding hydrogens is 226 g/mol. The van der Waals surface area contributed by atoms with Gasteiger partial charge in [-0.2, -0.15) is 14.3 Å². The Labute approximate surface area is 90.2 Å². The number of rotatable bonds is 6. The maximum atomic E-state index is 12.4. The van der Waals surface area contributed by atoms with Gasteiger partial charge in [0, 0.05) is 6.54 Å². The molecule has 1 N–H and O–H groups in total. The molecule has 0 radical (unpaired) electrons. The molecular formula is C10H11F4NO. The van der Waals surface area contributed by atoms with Gasteiger partial charge in [-0.05, 0) is 5.56 Å². The Kier molecular flexibility index (Phi) is 4.70. The highest BCUT2D eigenvalue weighted by Gasteiger charge is 2.41. The Morgan fingerprint density at radius 1 is 1.19 bits per heavy atom. The lowest BCUT2D eigenvalue weighted by Crippen LogP contribution is -2.35. The van der Waals surface area contributed by atoms with Crippen LogP contribution in [0.3, 0.4) is 0 Å². The lowest BCUT2D eigenvalue weighted by molar-refractivity contribution is -0.180. The molecule has 0 heterocycles. The summed E-state index contributed by atoms with van der Waals surface area (Å²) in [5, 5.41) is 0. The fourth-order valence-corrected chi connectivity index (χ4v) is 0.940. The maximum Gasteiger partial charge on any atom is 0.332 e. The molecule has 0 saturated carbocycles. The molecule has 0 aromatic heterocycles. The number of alkyl halides is 4. The molecule has 0 aliphatic heterocycles. The summed E-state index contributed by atoms with van der Waals surface area (Å²) >= 11 is 0. The normalized spacial score (nSPS) is 12.1. The van der Waals surface area contributed by atoms with E-state index < -0.39 is 19.0 Å². The van der Waals surface area contributed by atoms with Crippen LogP contribution in [0.1, 0.15) is 5.56 Å². The molecule has 0 bridgehead atoms. The van der Waals surface area contributed by atoms with Gasteiger partial charge in [0.05, 0.1) is 0 Å². The van der Waals surface area contributed by atoms with Gasteiger partial charge in [0.15, 0.2) is 0 Å². The van der Waals surface area contributed by atoms with Crippen LogP contribution < -0.4 is 5.48 Å². The predicted octanol–water partition coefficient (Wildman–Crippen LogP) is 2.61. The fraction of sp³-hybridized carbons (Fsp3) is 0.400. The van der Waals surface area contributed by atoms with Crippen molar-refractivity contribution in [2.75, 3.05) is 6.61 Å². The minimum Gasteiger partial charge on any atom is -0.295 e. The molecule has 16 heavy (non-hydrogen) atoms. The van der Waals surface area contributed by atoms with Crippen LogP contribution in [0, 0.1) is 0 Å². The molecule has 0 aliphatic carbocycles. The monoisotopic (exact) mass is 237 g/mol. The van der Waals surface area contributed by atoms with Crippen molar-refractivity contribution in [2.24, 2.45) is 0 Å². The Balaban J connectivity index is 2.22. The number of hydroxylamine groups is 1. The Hall–Kier alpha value is -1.14. The van der Waals surface area contributed by atoms with Crippen LogP contribution in [-0.2, 0) is 11.4 Å². The predicted molar refractivity (Wildman–Crippen MR) is 50.2 cm³/mol. The molecule has 6 heteroatoms. The quantitative estimate of drug-likeness (QED) is 0.466. The third kappa shape index (κ3) is 4.16. The molecule has 1 rings (SSSR count). The van der Waals surface area contributed by atoms with E-state index in [2.05, 4.69) is 10.3 Å². The molecule has 0 spiro atoms. The number of benzene rings is 1. The van der Waals surface area contributed by atoms with Crippen LogP contribution in [0.15, 0.2) is 30.3 Å². The summed E-state index contributed by atoms with van der Waals surface area (Å²) in [7, 11) is 0. The highest BCUT2D eigenvalue weighted by Crippen LogP contribution is 2.22. The summed E-state index contributed by atoms with van der Waals surface area (Å²) in [6, 6.07) is 8.84. The zero-order valence-electron chi connectivity index (χ0n) is 8.30. The highest BCUT2D eigenvalue weighted by molar-refractivity contribution is 5.13. The SMILES string of the molecule is FC(F)C(F)(F)CONCc1ccccc1. The van der Waals surface area contributed by atoms with Crippen molar-refractivity contribution in [1.29, 1.82) is 0 Å². The van der Waals surface area contributed by atoms with Crippen LogP contribution in [0.2, 0.25) is 0 Å². The maximum absolute atomic E-state index is 12.4. The van der Waals surface area contributed by atoms with Crippen LogP contribution in [0.25, 0.3) is 0 Å². The third-order valence-electron chi connectivity index (χ3n) is 1.81.